The molecular formula is C21H16O3S3. The van der Waals surface area contributed by atoms with Crippen molar-refractivity contribution in [3.63, 3.8) is 0 Å². The molecule has 1 aliphatic rings. The highest BCUT2D eigenvalue weighted by Crippen LogP contribution is 2.48. The second-order valence-electron chi connectivity index (χ2n) is 6.19. The molecule has 0 aliphatic carbocycles. The first kappa shape index (κ1) is 18.2. The minimum atomic E-state index is -0.342. The number of hydrogen-bond acceptors (Lipinski definition) is 6. The summed E-state index contributed by atoms with van der Waals surface area (Å²) in [5, 5.41) is 8.98. The van der Waals surface area contributed by atoms with Crippen LogP contribution in [-0.2, 0) is 0 Å². The van der Waals surface area contributed by atoms with Gasteiger partial charge in [-0.25, -0.2) is 4.79 Å². The van der Waals surface area contributed by atoms with Gasteiger partial charge in [0.2, 0.25) is 0 Å². The minimum Gasteiger partial charge on any atom is -0.508 e. The number of phenolic OH excluding ortho intramolecular Hbond substituents is 1. The second kappa shape index (κ2) is 7.46. The molecule has 6 heteroatoms. The number of benzene rings is 3. The van der Waals surface area contributed by atoms with Gasteiger partial charge in [0.1, 0.15) is 5.75 Å². The maximum atomic E-state index is 10.7. The predicted octanol–water partition coefficient (Wildman–Crippen LogP) is 6.48. The van der Waals surface area contributed by atoms with Crippen LogP contribution in [0.3, 0.4) is 0 Å². The molecule has 27 heavy (non-hydrogen) atoms. The van der Waals surface area contributed by atoms with E-state index in [4.69, 9.17) is 9.52 Å². The normalized spacial score (nSPS) is 12.1. The summed E-state index contributed by atoms with van der Waals surface area (Å²) in [6.07, 6.45) is 0. The first-order valence-electron chi connectivity index (χ1n) is 8.27. The van der Waals surface area contributed by atoms with Crippen molar-refractivity contribution in [2.75, 3.05) is 0 Å². The van der Waals surface area contributed by atoms with Gasteiger partial charge in [-0.3, -0.25) is 0 Å². The molecule has 0 fully saturated rings. The summed E-state index contributed by atoms with van der Waals surface area (Å²) >= 11 is 4.80. The number of phenols is 1. The zero-order chi connectivity index (χ0) is 19.0. The van der Waals surface area contributed by atoms with Crippen molar-refractivity contribution in [3.8, 4) is 5.75 Å². The summed E-state index contributed by atoms with van der Waals surface area (Å²) < 4.78 is 5.51. The Balaban J connectivity index is 0.000000143. The van der Waals surface area contributed by atoms with Gasteiger partial charge >= 0.3 is 4.94 Å². The summed E-state index contributed by atoms with van der Waals surface area (Å²) in [6.45, 7) is 4.30. The lowest BCUT2D eigenvalue weighted by Gasteiger charge is -2.18. The van der Waals surface area contributed by atoms with Gasteiger partial charge in [0.25, 0.3) is 0 Å². The Morgan fingerprint density at radius 1 is 0.778 bits per heavy atom. The van der Waals surface area contributed by atoms with E-state index < -0.39 is 0 Å². The Kier molecular flexibility index (Phi) is 5.04. The van der Waals surface area contributed by atoms with Gasteiger partial charge in [0.05, 0.1) is 4.70 Å². The third-order valence-corrected chi connectivity index (χ3v) is 7.28. The number of hydrogen-bond donors (Lipinski definition) is 1. The molecule has 4 aromatic rings. The first-order valence-corrected chi connectivity index (χ1v) is 10.7. The van der Waals surface area contributed by atoms with Crippen LogP contribution in [0, 0.1) is 13.8 Å². The fourth-order valence-corrected chi connectivity index (χ4v) is 5.70. The number of rotatable bonds is 0. The van der Waals surface area contributed by atoms with Crippen molar-refractivity contribution in [1.29, 1.82) is 0 Å². The van der Waals surface area contributed by atoms with Gasteiger partial charge in [-0.2, -0.15) is 0 Å². The van der Waals surface area contributed by atoms with E-state index in [0.29, 0.717) is 5.58 Å². The van der Waals surface area contributed by atoms with E-state index >= 15 is 0 Å². The summed E-state index contributed by atoms with van der Waals surface area (Å²) in [5.74, 6) is 0.110. The molecule has 0 bridgehead atoms. The van der Waals surface area contributed by atoms with Gasteiger partial charge in [0.15, 0.2) is 5.58 Å². The monoisotopic (exact) mass is 412 g/mol. The van der Waals surface area contributed by atoms with Crippen LogP contribution < -0.4 is 4.94 Å². The van der Waals surface area contributed by atoms with Crippen molar-refractivity contribution >= 4 is 45.1 Å². The van der Waals surface area contributed by atoms with Crippen molar-refractivity contribution in [2.24, 2.45) is 0 Å². The highest BCUT2D eigenvalue weighted by Gasteiger charge is 2.16. The smallest absolute Gasteiger partial charge is 0.396 e. The zero-order valence-electron chi connectivity index (χ0n) is 14.7. The van der Waals surface area contributed by atoms with E-state index in [-0.39, 0.29) is 10.7 Å². The molecular weight excluding hydrogens is 396 g/mol. The Bertz CT molecular complexity index is 1140. The van der Waals surface area contributed by atoms with Crippen LogP contribution in [0.15, 0.2) is 83.4 Å². The molecule has 0 saturated carbocycles. The molecule has 0 radical (unpaired) electrons. The Hall–Kier alpha value is -2.15. The van der Waals surface area contributed by atoms with Crippen LogP contribution >= 0.6 is 34.9 Å². The van der Waals surface area contributed by atoms with E-state index in [1.54, 1.807) is 6.07 Å². The molecule has 136 valence electrons. The highest BCUT2D eigenvalue weighted by atomic mass is 32.2. The molecule has 5 rings (SSSR count). The third kappa shape index (κ3) is 4.08. The standard InChI is InChI=1S/C14H12S2.C7H4O3S/c1-9-3-5-11-13(7-9)15-12-6-4-10(2)8-14(12)16-11;8-4-1-2-6-5(3-4)10-7(9)11-6/h3-8H,1-2H3;1-3,8H. The molecule has 1 N–H and O–H groups in total. The average Bonchev–Trinajstić information content (AvgIpc) is 3.00. The molecule has 1 aromatic heterocycles. The molecule has 0 unspecified atom stereocenters. The molecule has 3 nitrogen and oxygen atoms in total. The molecule has 2 heterocycles. The number of aryl methyl sites for hydroxylation is 2. The van der Waals surface area contributed by atoms with Crippen LogP contribution in [0.4, 0.5) is 0 Å². The van der Waals surface area contributed by atoms with Gasteiger partial charge in [-0.1, -0.05) is 47.0 Å². The zero-order valence-corrected chi connectivity index (χ0v) is 17.1. The largest absolute Gasteiger partial charge is 0.508 e. The molecule has 0 atom stereocenters. The van der Waals surface area contributed by atoms with Crippen molar-refractivity contribution < 1.29 is 9.52 Å². The van der Waals surface area contributed by atoms with Crippen LogP contribution in [0.5, 0.6) is 5.75 Å². The lowest BCUT2D eigenvalue weighted by molar-refractivity contribution is 0.474. The lowest BCUT2D eigenvalue weighted by atomic mass is 10.2. The van der Waals surface area contributed by atoms with Gasteiger partial charge in [-0.15, -0.1) is 0 Å². The Morgan fingerprint density at radius 3 is 1.96 bits per heavy atom. The van der Waals surface area contributed by atoms with Crippen molar-refractivity contribution in [2.45, 2.75) is 33.4 Å². The quantitative estimate of drug-likeness (QED) is 0.315. The topological polar surface area (TPSA) is 50.4 Å². The number of aromatic hydroxyl groups is 1. The molecule has 0 spiro atoms. The Morgan fingerprint density at radius 2 is 1.37 bits per heavy atom. The molecule has 0 saturated heterocycles. The molecule has 1 aliphatic heterocycles. The second-order valence-corrected chi connectivity index (χ2v) is 9.33. The van der Waals surface area contributed by atoms with Gasteiger partial charge < -0.3 is 9.52 Å². The predicted molar refractivity (Wildman–Crippen MR) is 113 cm³/mol. The van der Waals surface area contributed by atoms with Gasteiger partial charge in [-0.05, 0) is 61.4 Å². The van der Waals surface area contributed by atoms with Crippen LogP contribution in [-0.4, -0.2) is 5.11 Å². The summed E-state index contributed by atoms with van der Waals surface area (Å²) in [6, 6.07) is 18.0. The summed E-state index contributed by atoms with van der Waals surface area (Å²) in [5.41, 5.74) is 3.12. The molecule has 0 amide bonds. The van der Waals surface area contributed by atoms with E-state index in [9.17, 15) is 4.79 Å². The first-order chi connectivity index (χ1) is 13.0. The fraction of sp³-hybridized carbons (Fsp3) is 0.0952. The van der Waals surface area contributed by atoms with Crippen LogP contribution in [0.1, 0.15) is 11.1 Å². The van der Waals surface area contributed by atoms with Gasteiger partial charge in [0, 0.05) is 25.6 Å². The summed E-state index contributed by atoms with van der Waals surface area (Å²) in [4.78, 5) is 15.9. The summed E-state index contributed by atoms with van der Waals surface area (Å²) in [7, 11) is 0. The van der Waals surface area contributed by atoms with Crippen LogP contribution in [0.25, 0.3) is 10.3 Å². The van der Waals surface area contributed by atoms with E-state index in [0.717, 1.165) is 16.0 Å². The lowest BCUT2D eigenvalue weighted by Crippen LogP contribution is -1.90. The molecule has 3 aromatic carbocycles. The van der Waals surface area contributed by atoms with E-state index in [1.165, 1.54) is 42.8 Å². The van der Waals surface area contributed by atoms with E-state index in [2.05, 4.69) is 50.2 Å². The van der Waals surface area contributed by atoms with Crippen LogP contribution in [0.2, 0.25) is 0 Å². The highest BCUT2D eigenvalue weighted by molar-refractivity contribution is 8.05. The Labute approximate surface area is 169 Å². The maximum Gasteiger partial charge on any atom is 0.396 e. The third-order valence-electron chi connectivity index (χ3n) is 3.95. The fourth-order valence-electron chi connectivity index (χ4n) is 2.66. The van der Waals surface area contributed by atoms with Crippen molar-refractivity contribution in [1.82, 2.24) is 0 Å². The SMILES string of the molecule is Cc1ccc2c(c1)Sc1ccc(C)cc1S2.O=c1oc2cc(O)ccc2s1. The minimum absolute atomic E-state index is 0.110. The average molecular weight is 413 g/mol. The maximum absolute atomic E-state index is 10.7. The number of fused-ring (bicyclic) bond motifs is 3. The van der Waals surface area contributed by atoms with E-state index in [1.807, 2.05) is 23.5 Å². The van der Waals surface area contributed by atoms with Crippen molar-refractivity contribution in [3.05, 3.63) is 75.5 Å².